The molecule has 4 rings (SSSR count). The Morgan fingerprint density at radius 2 is 1.74 bits per heavy atom. The molecule has 160 valence electrons. The molecule has 0 saturated heterocycles. The maximum absolute atomic E-state index is 13.0. The minimum absolute atomic E-state index is 0.266. The van der Waals surface area contributed by atoms with Crippen LogP contribution in [0.3, 0.4) is 0 Å². The Kier molecular flexibility index (Phi) is 5.82. The molecule has 2 aromatic carbocycles. The van der Waals surface area contributed by atoms with Gasteiger partial charge in [-0.1, -0.05) is 53.5 Å². The summed E-state index contributed by atoms with van der Waals surface area (Å²) in [5.41, 5.74) is 1.91. The van der Waals surface area contributed by atoms with Gasteiger partial charge in [0.15, 0.2) is 11.2 Å². The third-order valence-electron chi connectivity index (χ3n) is 5.19. The lowest BCUT2D eigenvalue weighted by molar-refractivity contribution is 0.420. The molecule has 2 heterocycles. The van der Waals surface area contributed by atoms with Crippen molar-refractivity contribution >= 4 is 27.1 Å². The van der Waals surface area contributed by atoms with Crippen molar-refractivity contribution in [3.05, 3.63) is 85.0 Å². The SMILES string of the molecule is CCCc1cccc(Oc2nc3c(c(=O)n(C)c(=O)n3C)n2Cc2cccc(Br)c2)c1. The third-order valence-corrected chi connectivity index (χ3v) is 5.68. The zero-order valence-electron chi connectivity index (χ0n) is 17.6. The smallest absolute Gasteiger partial charge is 0.332 e. The molecule has 0 saturated carbocycles. The number of aryl methyl sites for hydroxylation is 2. The molecule has 0 aliphatic carbocycles. The van der Waals surface area contributed by atoms with Crippen LogP contribution in [0.5, 0.6) is 11.8 Å². The first-order valence-corrected chi connectivity index (χ1v) is 10.9. The average Bonchev–Trinajstić information content (AvgIpc) is 3.09. The van der Waals surface area contributed by atoms with Crippen LogP contribution in [0.4, 0.5) is 0 Å². The Labute approximate surface area is 187 Å². The normalized spacial score (nSPS) is 11.2. The summed E-state index contributed by atoms with van der Waals surface area (Å²) in [6.45, 7) is 2.49. The van der Waals surface area contributed by atoms with Gasteiger partial charge in [0, 0.05) is 18.6 Å². The van der Waals surface area contributed by atoms with E-state index in [4.69, 9.17) is 4.74 Å². The number of hydrogen-bond donors (Lipinski definition) is 0. The summed E-state index contributed by atoms with van der Waals surface area (Å²) in [6.07, 6.45) is 1.98. The van der Waals surface area contributed by atoms with E-state index in [1.165, 1.54) is 11.6 Å². The Morgan fingerprint density at radius 3 is 2.48 bits per heavy atom. The van der Waals surface area contributed by atoms with Crippen LogP contribution >= 0.6 is 15.9 Å². The summed E-state index contributed by atoms with van der Waals surface area (Å²) in [4.78, 5) is 30.0. The summed E-state index contributed by atoms with van der Waals surface area (Å²) in [6, 6.07) is 15.9. The largest absolute Gasteiger partial charge is 0.425 e. The van der Waals surface area contributed by atoms with Crippen LogP contribution < -0.4 is 16.0 Å². The van der Waals surface area contributed by atoms with Gasteiger partial charge < -0.3 is 4.74 Å². The van der Waals surface area contributed by atoms with E-state index in [1.54, 1.807) is 11.6 Å². The summed E-state index contributed by atoms with van der Waals surface area (Å²) in [7, 11) is 3.07. The van der Waals surface area contributed by atoms with Crippen LogP contribution in [0.25, 0.3) is 11.2 Å². The summed E-state index contributed by atoms with van der Waals surface area (Å²) >= 11 is 3.49. The average molecular weight is 483 g/mol. The van der Waals surface area contributed by atoms with Gasteiger partial charge in [-0.25, -0.2) is 4.79 Å². The molecule has 0 aliphatic rings. The number of hydrogen-bond acceptors (Lipinski definition) is 4. The van der Waals surface area contributed by atoms with Gasteiger partial charge in [0.25, 0.3) is 5.56 Å². The number of halogens is 1. The molecular formula is C23H23BrN4O3. The summed E-state index contributed by atoms with van der Waals surface area (Å²) < 4.78 is 11.3. The zero-order valence-corrected chi connectivity index (χ0v) is 19.2. The molecule has 0 spiro atoms. The third kappa shape index (κ3) is 4.07. The second-order valence-corrected chi connectivity index (χ2v) is 8.40. The van der Waals surface area contributed by atoms with E-state index in [2.05, 4.69) is 33.9 Å². The molecule has 0 fully saturated rings. The molecule has 0 radical (unpaired) electrons. The molecule has 0 unspecified atom stereocenters. The highest BCUT2D eigenvalue weighted by atomic mass is 79.9. The zero-order chi connectivity index (χ0) is 22.1. The standard InChI is InChI=1S/C23H23BrN4O3/c1-4-7-15-8-6-11-18(13-15)31-22-25-20-19(21(29)27(3)23(30)26(20)2)28(22)14-16-9-5-10-17(24)12-16/h5-6,8-13H,4,7,14H2,1-3H3. The summed E-state index contributed by atoms with van der Waals surface area (Å²) in [5, 5.41) is 0. The highest BCUT2D eigenvalue weighted by molar-refractivity contribution is 9.10. The summed E-state index contributed by atoms with van der Waals surface area (Å²) in [5.74, 6) is 0.638. The van der Waals surface area contributed by atoms with Gasteiger partial charge in [0.05, 0.1) is 6.54 Å². The first kappa shape index (κ1) is 21.1. The maximum Gasteiger partial charge on any atom is 0.332 e. The number of rotatable bonds is 6. The highest BCUT2D eigenvalue weighted by Gasteiger charge is 2.21. The molecule has 31 heavy (non-hydrogen) atoms. The predicted octanol–water partition coefficient (Wildman–Crippen LogP) is 3.99. The minimum Gasteiger partial charge on any atom is -0.425 e. The van der Waals surface area contributed by atoms with Crippen LogP contribution in [0.15, 0.2) is 62.6 Å². The Balaban J connectivity index is 1.90. The second kappa shape index (κ2) is 8.55. The molecule has 7 nitrogen and oxygen atoms in total. The van der Waals surface area contributed by atoms with Crippen molar-refractivity contribution in [3.8, 4) is 11.8 Å². The van der Waals surface area contributed by atoms with Gasteiger partial charge in [-0.05, 0) is 41.8 Å². The molecule has 0 N–H and O–H groups in total. The Hall–Kier alpha value is -3.13. The molecule has 0 amide bonds. The molecule has 0 aliphatic heterocycles. The van der Waals surface area contributed by atoms with Crippen molar-refractivity contribution in [1.82, 2.24) is 18.7 Å². The van der Waals surface area contributed by atoms with Crippen molar-refractivity contribution in [2.24, 2.45) is 14.1 Å². The molecule has 0 atom stereocenters. The lowest BCUT2D eigenvalue weighted by Gasteiger charge is -2.11. The first-order valence-electron chi connectivity index (χ1n) is 10.1. The van der Waals surface area contributed by atoms with Crippen molar-refractivity contribution in [3.63, 3.8) is 0 Å². The first-order chi connectivity index (χ1) is 14.9. The number of benzene rings is 2. The lowest BCUT2D eigenvalue weighted by atomic mass is 10.1. The molecule has 8 heteroatoms. The van der Waals surface area contributed by atoms with Crippen LogP contribution in [0.2, 0.25) is 0 Å². The number of ether oxygens (including phenoxy) is 1. The highest BCUT2D eigenvalue weighted by Crippen LogP contribution is 2.26. The predicted molar refractivity (Wildman–Crippen MR) is 124 cm³/mol. The van der Waals surface area contributed by atoms with E-state index in [0.717, 1.165) is 33.0 Å². The Morgan fingerprint density at radius 1 is 1.00 bits per heavy atom. The second-order valence-electron chi connectivity index (χ2n) is 7.49. The number of aromatic nitrogens is 4. The lowest BCUT2D eigenvalue weighted by Crippen LogP contribution is -2.37. The number of imidazole rings is 1. The van der Waals surface area contributed by atoms with Gasteiger partial charge in [-0.3, -0.25) is 18.5 Å². The van der Waals surface area contributed by atoms with Gasteiger partial charge >= 0.3 is 11.7 Å². The molecule has 0 bridgehead atoms. The number of fused-ring (bicyclic) bond motifs is 1. The van der Waals surface area contributed by atoms with E-state index in [0.29, 0.717) is 23.5 Å². The fraction of sp³-hybridized carbons (Fsp3) is 0.261. The van der Waals surface area contributed by atoms with E-state index in [1.807, 2.05) is 42.5 Å². The van der Waals surface area contributed by atoms with Gasteiger partial charge in [-0.15, -0.1) is 0 Å². The fourth-order valence-electron chi connectivity index (χ4n) is 3.63. The van der Waals surface area contributed by atoms with Gasteiger partial charge in [0.1, 0.15) is 5.75 Å². The van der Waals surface area contributed by atoms with Crippen molar-refractivity contribution in [2.75, 3.05) is 0 Å². The van der Waals surface area contributed by atoms with Crippen LogP contribution in [-0.4, -0.2) is 18.7 Å². The minimum atomic E-state index is -0.430. The monoisotopic (exact) mass is 482 g/mol. The van der Waals surface area contributed by atoms with E-state index in [9.17, 15) is 9.59 Å². The number of nitrogens with zero attached hydrogens (tertiary/aromatic N) is 4. The molecule has 4 aromatic rings. The molecule has 2 aromatic heterocycles. The van der Waals surface area contributed by atoms with Crippen molar-refractivity contribution < 1.29 is 4.74 Å². The molecular weight excluding hydrogens is 460 g/mol. The maximum atomic E-state index is 13.0. The van der Waals surface area contributed by atoms with Crippen LogP contribution in [0.1, 0.15) is 24.5 Å². The van der Waals surface area contributed by atoms with E-state index in [-0.39, 0.29) is 6.01 Å². The quantitative estimate of drug-likeness (QED) is 0.416. The van der Waals surface area contributed by atoms with Crippen LogP contribution in [0, 0.1) is 0 Å². The van der Waals surface area contributed by atoms with Crippen LogP contribution in [-0.2, 0) is 27.1 Å². The fourth-order valence-corrected chi connectivity index (χ4v) is 4.07. The van der Waals surface area contributed by atoms with Gasteiger partial charge in [0.2, 0.25) is 0 Å². The van der Waals surface area contributed by atoms with E-state index < -0.39 is 11.2 Å². The van der Waals surface area contributed by atoms with E-state index >= 15 is 0 Å². The van der Waals surface area contributed by atoms with Crippen molar-refractivity contribution in [2.45, 2.75) is 26.3 Å². The Bertz CT molecular complexity index is 1380. The van der Waals surface area contributed by atoms with Crippen molar-refractivity contribution in [1.29, 1.82) is 0 Å². The topological polar surface area (TPSA) is 71.1 Å². The van der Waals surface area contributed by atoms with Gasteiger partial charge in [-0.2, -0.15) is 4.98 Å².